The van der Waals surface area contributed by atoms with Crippen LogP contribution in [-0.2, 0) is 4.79 Å². The molecule has 1 atom stereocenters. The molecule has 0 saturated heterocycles. The highest BCUT2D eigenvalue weighted by atomic mass is 32.2. The van der Waals surface area contributed by atoms with Gasteiger partial charge in [0.05, 0.1) is 0 Å². The molecule has 0 heterocycles. The predicted molar refractivity (Wildman–Crippen MR) is 88.1 cm³/mol. The Balaban J connectivity index is 2.01. The Bertz CT molecular complexity index is 628. The van der Waals surface area contributed by atoms with E-state index in [4.69, 9.17) is 4.74 Å². The van der Waals surface area contributed by atoms with Crippen molar-refractivity contribution < 1.29 is 9.53 Å². The number of amides is 1. The summed E-state index contributed by atoms with van der Waals surface area (Å²) in [5.41, 5.74) is 1.80. The highest BCUT2D eigenvalue weighted by molar-refractivity contribution is 7.98. The molecule has 21 heavy (non-hydrogen) atoms. The zero-order valence-corrected chi connectivity index (χ0v) is 13.2. The quantitative estimate of drug-likeness (QED) is 0.844. The Kier molecular flexibility index (Phi) is 5.28. The third-order valence-corrected chi connectivity index (χ3v) is 3.83. The highest BCUT2D eigenvalue weighted by Gasteiger charge is 2.15. The molecular weight excluding hydrogens is 282 g/mol. The molecule has 0 bridgehead atoms. The van der Waals surface area contributed by atoms with Crippen molar-refractivity contribution >= 4 is 23.4 Å². The Morgan fingerprint density at radius 3 is 2.67 bits per heavy atom. The number of para-hydroxylation sites is 1. The van der Waals surface area contributed by atoms with Crippen LogP contribution in [0.1, 0.15) is 12.5 Å². The predicted octanol–water partition coefficient (Wildman–Crippen LogP) is 4.12. The van der Waals surface area contributed by atoms with Crippen LogP contribution in [0.5, 0.6) is 5.75 Å². The fraction of sp³-hybridized carbons (Fsp3) is 0.235. The van der Waals surface area contributed by atoms with Crippen molar-refractivity contribution in [2.24, 2.45) is 0 Å². The summed E-state index contributed by atoms with van der Waals surface area (Å²) >= 11 is 1.64. The van der Waals surface area contributed by atoms with Crippen molar-refractivity contribution in [1.29, 1.82) is 0 Å². The maximum absolute atomic E-state index is 12.2. The number of hydrogen-bond acceptors (Lipinski definition) is 3. The van der Waals surface area contributed by atoms with Gasteiger partial charge in [-0.2, -0.15) is 0 Å². The molecule has 0 radical (unpaired) electrons. The van der Waals surface area contributed by atoms with Crippen LogP contribution >= 0.6 is 11.8 Å². The van der Waals surface area contributed by atoms with Gasteiger partial charge in [0.2, 0.25) is 0 Å². The van der Waals surface area contributed by atoms with Gasteiger partial charge in [0.25, 0.3) is 5.91 Å². The van der Waals surface area contributed by atoms with Crippen molar-refractivity contribution in [3.8, 4) is 5.75 Å². The van der Waals surface area contributed by atoms with Gasteiger partial charge in [0.1, 0.15) is 5.75 Å². The lowest BCUT2D eigenvalue weighted by Gasteiger charge is -2.16. The van der Waals surface area contributed by atoms with Gasteiger partial charge in [-0.3, -0.25) is 4.79 Å². The molecular formula is C17H19NO2S. The summed E-state index contributed by atoms with van der Waals surface area (Å²) in [5.74, 6) is 0.578. The average molecular weight is 301 g/mol. The van der Waals surface area contributed by atoms with Crippen LogP contribution < -0.4 is 10.1 Å². The van der Waals surface area contributed by atoms with E-state index in [0.717, 1.165) is 21.9 Å². The van der Waals surface area contributed by atoms with Gasteiger partial charge >= 0.3 is 0 Å². The van der Waals surface area contributed by atoms with Crippen LogP contribution in [0.2, 0.25) is 0 Å². The lowest BCUT2D eigenvalue weighted by atomic mass is 10.2. The SMILES string of the molecule is CSc1cccc(NC(=O)[C@@H](C)Oc2ccccc2C)c1. The van der Waals surface area contributed by atoms with Crippen molar-refractivity contribution in [2.45, 2.75) is 24.8 Å². The fourth-order valence-corrected chi connectivity index (χ4v) is 2.34. The van der Waals surface area contributed by atoms with Gasteiger partial charge in [-0.1, -0.05) is 24.3 Å². The lowest BCUT2D eigenvalue weighted by Crippen LogP contribution is -2.30. The summed E-state index contributed by atoms with van der Waals surface area (Å²) in [6, 6.07) is 15.4. The molecule has 1 N–H and O–H groups in total. The largest absolute Gasteiger partial charge is 0.481 e. The number of carbonyl (C=O) groups excluding carboxylic acids is 1. The molecule has 0 aromatic heterocycles. The van der Waals surface area contributed by atoms with E-state index in [-0.39, 0.29) is 5.91 Å². The van der Waals surface area contributed by atoms with Gasteiger partial charge in [0, 0.05) is 10.6 Å². The van der Waals surface area contributed by atoms with E-state index < -0.39 is 6.10 Å². The molecule has 0 aliphatic carbocycles. The molecule has 0 aliphatic rings. The lowest BCUT2D eigenvalue weighted by molar-refractivity contribution is -0.122. The standard InChI is InChI=1S/C17H19NO2S/c1-12-7-4-5-10-16(12)20-13(2)17(19)18-14-8-6-9-15(11-14)21-3/h4-11,13H,1-3H3,(H,18,19)/t13-/m1/s1. The number of rotatable bonds is 5. The van der Waals surface area contributed by atoms with E-state index >= 15 is 0 Å². The number of thioether (sulfide) groups is 1. The summed E-state index contributed by atoms with van der Waals surface area (Å²) in [6.45, 7) is 3.71. The Labute approximate surface area is 129 Å². The number of hydrogen-bond donors (Lipinski definition) is 1. The van der Waals surface area contributed by atoms with Gasteiger partial charge in [-0.15, -0.1) is 11.8 Å². The molecule has 3 nitrogen and oxygen atoms in total. The molecule has 0 saturated carbocycles. The number of nitrogens with one attached hydrogen (secondary N) is 1. The smallest absolute Gasteiger partial charge is 0.265 e. The summed E-state index contributed by atoms with van der Waals surface area (Å²) in [6.07, 6.45) is 1.45. The first-order valence-corrected chi connectivity index (χ1v) is 8.00. The highest BCUT2D eigenvalue weighted by Crippen LogP contribution is 2.20. The molecule has 4 heteroatoms. The molecule has 2 aromatic carbocycles. The second-order valence-corrected chi connectivity index (χ2v) is 5.63. The zero-order chi connectivity index (χ0) is 15.2. The first-order chi connectivity index (χ1) is 10.1. The molecule has 0 spiro atoms. The summed E-state index contributed by atoms with van der Waals surface area (Å²) < 4.78 is 5.72. The maximum Gasteiger partial charge on any atom is 0.265 e. The van der Waals surface area contributed by atoms with Crippen LogP contribution in [0.3, 0.4) is 0 Å². The summed E-state index contributed by atoms with van der Waals surface area (Å²) in [7, 11) is 0. The first kappa shape index (κ1) is 15.4. The molecule has 0 fully saturated rings. The van der Waals surface area contributed by atoms with Crippen molar-refractivity contribution in [2.75, 3.05) is 11.6 Å². The maximum atomic E-state index is 12.2. The monoisotopic (exact) mass is 301 g/mol. The topological polar surface area (TPSA) is 38.3 Å². The normalized spacial score (nSPS) is 11.8. The third kappa shape index (κ3) is 4.26. The second kappa shape index (κ2) is 7.18. The Morgan fingerprint density at radius 2 is 1.95 bits per heavy atom. The van der Waals surface area contributed by atoms with E-state index in [0.29, 0.717) is 0 Å². The minimum atomic E-state index is -0.552. The van der Waals surface area contributed by atoms with E-state index in [1.165, 1.54) is 0 Å². The molecule has 2 rings (SSSR count). The molecule has 0 aliphatic heterocycles. The third-order valence-electron chi connectivity index (χ3n) is 3.10. The van der Waals surface area contributed by atoms with Crippen LogP contribution in [0.25, 0.3) is 0 Å². The van der Waals surface area contributed by atoms with Crippen molar-refractivity contribution in [3.63, 3.8) is 0 Å². The number of carbonyl (C=O) groups is 1. The van der Waals surface area contributed by atoms with Crippen LogP contribution in [-0.4, -0.2) is 18.3 Å². The molecule has 2 aromatic rings. The summed E-state index contributed by atoms with van der Waals surface area (Å²) in [5, 5.41) is 2.88. The van der Waals surface area contributed by atoms with Crippen molar-refractivity contribution in [3.05, 3.63) is 54.1 Å². The number of anilines is 1. The van der Waals surface area contributed by atoms with Crippen LogP contribution in [0, 0.1) is 6.92 Å². The van der Waals surface area contributed by atoms with E-state index in [1.807, 2.05) is 61.7 Å². The van der Waals surface area contributed by atoms with Gasteiger partial charge in [-0.25, -0.2) is 0 Å². The van der Waals surface area contributed by atoms with Gasteiger partial charge < -0.3 is 10.1 Å². The number of aryl methyl sites for hydroxylation is 1. The molecule has 110 valence electrons. The number of benzene rings is 2. The van der Waals surface area contributed by atoms with Gasteiger partial charge in [-0.05, 0) is 49.9 Å². The van der Waals surface area contributed by atoms with E-state index in [9.17, 15) is 4.79 Å². The van der Waals surface area contributed by atoms with E-state index in [1.54, 1.807) is 18.7 Å². The van der Waals surface area contributed by atoms with Crippen LogP contribution in [0.4, 0.5) is 5.69 Å². The van der Waals surface area contributed by atoms with Gasteiger partial charge in [0.15, 0.2) is 6.10 Å². The van der Waals surface area contributed by atoms with Crippen LogP contribution in [0.15, 0.2) is 53.4 Å². The fourth-order valence-electron chi connectivity index (χ4n) is 1.88. The Hall–Kier alpha value is -1.94. The van der Waals surface area contributed by atoms with E-state index in [2.05, 4.69) is 5.32 Å². The Morgan fingerprint density at radius 1 is 1.19 bits per heavy atom. The minimum absolute atomic E-state index is 0.156. The molecule has 0 unspecified atom stereocenters. The minimum Gasteiger partial charge on any atom is -0.481 e. The second-order valence-electron chi connectivity index (χ2n) is 4.75. The number of ether oxygens (including phenoxy) is 1. The summed E-state index contributed by atoms with van der Waals surface area (Å²) in [4.78, 5) is 13.3. The average Bonchev–Trinajstić information content (AvgIpc) is 2.49. The zero-order valence-electron chi connectivity index (χ0n) is 12.4. The van der Waals surface area contributed by atoms with Crippen molar-refractivity contribution in [1.82, 2.24) is 0 Å². The molecule has 1 amide bonds. The first-order valence-electron chi connectivity index (χ1n) is 6.77.